The minimum Gasteiger partial charge on any atom is -0.234 e. The number of imidazole rings is 1. The van der Waals surface area contributed by atoms with Gasteiger partial charge in [-0.1, -0.05) is 111 Å². The molecule has 0 saturated carbocycles. The third-order valence-electron chi connectivity index (χ3n) is 6.41. The Kier molecular flexibility index (Phi) is 17.4. The zero-order valence-electron chi connectivity index (χ0n) is 20.4. The monoisotopic (exact) mass is 405 g/mol. The SMILES string of the molecule is CCCCCCCCCCCCCCCC[n+]1ccn(CCCCCC)c1CC. The molecular formula is C27H53N2+. The number of aryl methyl sites for hydroxylation is 2. The number of aromatic nitrogens is 2. The summed E-state index contributed by atoms with van der Waals surface area (Å²) in [5.41, 5.74) is 0. The van der Waals surface area contributed by atoms with Crippen molar-refractivity contribution < 1.29 is 4.57 Å². The van der Waals surface area contributed by atoms with Crippen LogP contribution in [-0.4, -0.2) is 4.57 Å². The van der Waals surface area contributed by atoms with Crippen molar-refractivity contribution in [1.29, 1.82) is 0 Å². The van der Waals surface area contributed by atoms with Crippen LogP contribution in [-0.2, 0) is 19.5 Å². The second-order valence-electron chi connectivity index (χ2n) is 9.11. The molecule has 170 valence electrons. The molecule has 0 amide bonds. The number of unbranched alkanes of at least 4 members (excludes halogenated alkanes) is 16. The molecule has 0 N–H and O–H groups in total. The van der Waals surface area contributed by atoms with E-state index in [1.54, 1.807) is 0 Å². The van der Waals surface area contributed by atoms with Crippen LogP contribution in [0.4, 0.5) is 0 Å². The van der Waals surface area contributed by atoms with E-state index in [0.717, 1.165) is 6.42 Å². The van der Waals surface area contributed by atoms with E-state index in [2.05, 4.69) is 42.3 Å². The fourth-order valence-electron chi connectivity index (χ4n) is 4.50. The summed E-state index contributed by atoms with van der Waals surface area (Å²) in [5.74, 6) is 1.52. The van der Waals surface area contributed by atoms with Crippen molar-refractivity contribution >= 4 is 0 Å². The zero-order valence-corrected chi connectivity index (χ0v) is 20.4. The first-order valence-electron chi connectivity index (χ1n) is 13.4. The first-order chi connectivity index (χ1) is 14.3. The molecule has 0 unspecified atom stereocenters. The van der Waals surface area contributed by atoms with E-state index in [0.29, 0.717) is 0 Å². The minimum atomic E-state index is 1.15. The van der Waals surface area contributed by atoms with Crippen LogP contribution in [0.25, 0.3) is 0 Å². The van der Waals surface area contributed by atoms with E-state index in [4.69, 9.17) is 0 Å². The lowest BCUT2D eigenvalue weighted by molar-refractivity contribution is -0.704. The predicted molar refractivity (Wildman–Crippen MR) is 128 cm³/mol. The molecule has 0 aliphatic rings. The Morgan fingerprint density at radius 2 is 1.03 bits per heavy atom. The maximum absolute atomic E-state index is 2.51. The molecule has 29 heavy (non-hydrogen) atoms. The average molecular weight is 406 g/mol. The third kappa shape index (κ3) is 13.2. The van der Waals surface area contributed by atoms with Gasteiger partial charge in [0.1, 0.15) is 12.4 Å². The van der Waals surface area contributed by atoms with Crippen LogP contribution in [0.15, 0.2) is 12.4 Å². The fraction of sp³-hybridized carbons (Fsp3) is 0.889. The fourth-order valence-corrected chi connectivity index (χ4v) is 4.50. The Hall–Kier alpha value is -0.790. The number of nitrogens with zero attached hydrogens (tertiary/aromatic N) is 2. The van der Waals surface area contributed by atoms with Gasteiger partial charge in [0.05, 0.1) is 13.1 Å². The van der Waals surface area contributed by atoms with Gasteiger partial charge in [-0.25, -0.2) is 9.13 Å². The maximum Gasteiger partial charge on any atom is 0.256 e. The van der Waals surface area contributed by atoms with Crippen molar-refractivity contribution in [2.45, 2.75) is 156 Å². The molecule has 2 nitrogen and oxygen atoms in total. The zero-order chi connectivity index (χ0) is 21.0. The average Bonchev–Trinajstić information content (AvgIpc) is 3.13. The first-order valence-corrected chi connectivity index (χ1v) is 13.4. The molecule has 0 atom stereocenters. The van der Waals surface area contributed by atoms with Crippen LogP contribution in [0.3, 0.4) is 0 Å². The van der Waals surface area contributed by atoms with E-state index in [1.807, 2.05) is 0 Å². The molecular weight excluding hydrogens is 352 g/mol. The second-order valence-corrected chi connectivity index (χ2v) is 9.11. The highest BCUT2D eigenvalue weighted by atomic mass is 15.1. The van der Waals surface area contributed by atoms with Crippen molar-refractivity contribution in [3.05, 3.63) is 18.2 Å². The lowest BCUT2D eigenvalue weighted by atomic mass is 10.0. The molecule has 0 saturated heterocycles. The predicted octanol–water partition coefficient (Wildman–Crippen LogP) is 8.40. The minimum absolute atomic E-state index is 1.15. The molecule has 0 radical (unpaired) electrons. The highest BCUT2D eigenvalue weighted by Crippen LogP contribution is 2.13. The van der Waals surface area contributed by atoms with Crippen molar-refractivity contribution in [2.75, 3.05) is 0 Å². The molecule has 0 aliphatic carbocycles. The molecule has 0 bridgehead atoms. The molecule has 0 fully saturated rings. The van der Waals surface area contributed by atoms with Crippen molar-refractivity contribution in [1.82, 2.24) is 4.57 Å². The van der Waals surface area contributed by atoms with E-state index in [-0.39, 0.29) is 0 Å². The van der Waals surface area contributed by atoms with Crippen molar-refractivity contribution in [3.8, 4) is 0 Å². The summed E-state index contributed by atoms with van der Waals surface area (Å²) in [6, 6.07) is 0. The summed E-state index contributed by atoms with van der Waals surface area (Å²) in [6.07, 6.45) is 31.3. The molecule has 0 aliphatic heterocycles. The normalized spacial score (nSPS) is 11.4. The van der Waals surface area contributed by atoms with Gasteiger partial charge in [0, 0.05) is 6.42 Å². The second kappa shape index (κ2) is 19.2. The summed E-state index contributed by atoms with van der Waals surface area (Å²) < 4.78 is 5.01. The molecule has 1 rings (SSSR count). The molecule has 2 heteroatoms. The Labute approximate surface area is 183 Å². The van der Waals surface area contributed by atoms with Gasteiger partial charge in [-0.2, -0.15) is 0 Å². The largest absolute Gasteiger partial charge is 0.256 e. The highest BCUT2D eigenvalue weighted by Gasteiger charge is 2.14. The van der Waals surface area contributed by atoms with Crippen molar-refractivity contribution in [2.24, 2.45) is 0 Å². The first kappa shape index (κ1) is 26.2. The van der Waals surface area contributed by atoms with Gasteiger partial charge < -0.3 is 0 Å². The van der Waals surface area contributed by atoms with Gasteiger partial charge in [0.2, 0.25) is 0 Å². The molecule has 0 spiro atoms. The van der Waals surface area contributed by atoms with Crippen LogP contribution >= 0.6 is 0 Å². The maximum atomic E-state index is 2.51. The van der Waals surface area contributed by atoms with Gasteiger partial charge in [0.25, 0.3) is 5.82 Å². The number of hydrogen-bond donors (Lipinski definition) is 0. The van der Waals surface area contributed by atoms with Gasteiger partial charge in [-0.05, 0) is 25.7 Å². The summed E-state index contributed by atoms with van der Waals surface area (Å²) in [5, 5.41) is 0. The number of hydrogen-bond acceptors (Lipinski definition) is 0. The summed E-state index contributed by atoms with van der Waals surface area (Å²) >= 11 is 0. The quantitative estimate of drug-likeness (QED) is 0.143. The van der Waals surface area contributed by atoms with Crippen LogP contribution in [0.5, 0.6) is 0 Å². The summed E-state index contributed by atoms with van der Waals surface area (Å²) in [7, 11) is 0. The summed E-state index contributed by atoms with van der Waals surface area (Å²) in [6.45, 7) is 9.31. The lowest BCUT2D eigenvalue weighted by Gasteiger charge is -2.05. The summed E-state index contributed by atoms with van der Waals surface area (Å²) in [4.78, 5) is 0. The van der Waals surface area contributed by atoms with E-state index in [9.17, 15) is 0 Å². The third-order valence-corrected chi connectivity index (χ3v) is 6.41. The molecule has 1 heterocycles. The lowest BCUT2D eigenvalue weighted by Crippen LogP contribution is -2.37. The topological polar surface area (TPSA) is 8.81 Å². The van der Waals surface area contributed by atoms with E-state index in [1.165, 1.54) is 134 Å². The Balaban J connectivity index is 1.99. The Morgan fingerprint density at radius 3 is 1.52 bits per heavy atom. The van der Waals surface area contributed by atoms with Crippen LogP contribution in [0.1, 0.15) is 142 Å². The van der Waals surface area contributed by atoms with Gasteiger partial charge in [-0.3, -0.25) is 0 Å². The molecule has 1 aromatic rings. The van der Waals surface area contributed by atoms with Crippen LogP contribution in [0, 0.1) is 0 Å². The van der Waals surface area contributed by atoms with Gasteiger partial charge in [0.15, 0.2) is 0 Å². The van der Waals surface area contributed by atoms with Crippen molar-refractivity contribution in [3.63, 3.8) is 0 Å². The Morgan fingerprint density at radius 1 is 0.586 bits per heavy atom. The smallest absolute Gasteiger partial charge is 0.234 e. The standard InChI is InChI=1S/C27H53N2/c1-4-7-9-11-12-13-14-15-16-17-18-19-20-22-24-29-26-25-28(27(29)6-3)23-21-10-8-5-2/h25-26H,4-24H2,1-3H3/q+1. The van der Waals surface area contributed by atoms with E-state index >= 15 is 0 Å². The Bertz CT molecular complexity index is 463. The molecule has 0 aromatic carbocycles. The van der Waals surface area contributed by atoms with E-state index < -0.39 is 0 Å². The highest BCUT2D eigenvalue weighted by molar-refractivity contribution is 4.83. The molecule has 1 aromatic heterocycles. The number of rotatable bonds is 21. The van der Waals surface area contributed by atoms with Gasteiger partial charge >= 0.3 is 0 Å². The van der Waals surface area contributed by atoms with Crippen LogP contribution < -0.4 is 4.57 Å². The van der Waals surface area contributed by atoms with Crippen LogP contribution in [0.2, 0.25) is 0 Å². The van der Waals surface area contributed by atoms with Gasteiger partial charge in [-0.15, -0.1) is 0 Å².